The van der Waals surface area contributed by atoms with E-state index < -0.39 is 17.8 Å². The van der Waals surface area contributed by atoms with Crippen LogP contribution in [0.25, 0.3) is 6.08 Å². The quantitative estimate of drug-likeness (QED) is 0.426. The Kier molecular flexibility index (Phi) is 6.82. The van der Waals surface area contributed by atoms with Crippen molar-refractivity contribution in [2.75, 3.05) is 6.54 Å². The van der Waals surface area contributed by atoms with E-state index in [1.165, 1.54) is 36.6 Å². The van der Waals surface area contributed by atoms with E-state index in [9.17, 15) is 19.5 Å². The van der Waals surface area contributed by atoms with Crippen LogP contribution in [-0.2, 0) is 9.59 Å². The van der Waals surface area contributed by atoms with Crippen molar-refractivity contribution in [3.63, 3.8) is 0 Å². The standard InChI is InChI=1S/C19H17N3O4/c23-17(11-8-14-4-2-1-3-5-14)20-13-18(24)22-21-12-15-6-9-16(10-7-15)19(25)26/h1-12H,13H2,(H,20,23)(H,22,24)(H,25,26)/p-1/b11-8+,21-12-. The number of aromatic carboxylic acids is 1. The molecule has 0 aromatic heterocycles. The molecule has 2 N–H and O–H groups in total. The molecule has 0 aliphatic carbocycles. The van der Waals surface area contributed by atoms with Crippen LogP contribution in [0.5, 0.6) is 0 Å². The van der Waals surface area contributed by atoms with Gasteiger partial charge in [0.05, 0.1) is 18.7 Å². The minimum absolute atomic E-state index is 0.0532. The van der Waals surface area contributed by atoms with Crippen LogP contribution in [-0.4, -0.2) is 30.5 Å². The number of carboxylic acids is 1. The lowest BCUT2D eigenvalue weighted by molar-refractivity contribution is -0.255. The van der Waals surface area contributed by atoms with Crippen molar-refractivity contribution in [1.82, 2.24) is 10.7 Å². The van der Waals surface area contributed by atoms with E-state index >= 15 is 0 Å². The molecule has 0 saturated heterocycles. The summed E-state index contributed by atoms with van der Waals surface area (Å²) in [4.78, 5) is 33.9. The van der Waals surface area contributed by atoms with Gasteiger partial charge in [-0.3, -0.25) is 9.59 Å². The van der Waals surface area contributed by atoms with E-state index in [2.05, 4.69) is 15.8 Å². The molecule has 7 heteroatoms. The molecule has 0 aliphatic heterocycles. The van der Waals surface area contributed by atoms with Crippen LogP contribution in [0.2, 0.25) is 0 Å². The zero-order valence-electron chi connectivity index (χ0n) is 13.7. The summed E-state index contributed by atoms with van der Waals surface area (Å²) < 4.78 is 0. The Morgan fingerprint density at radius 2 is 1.65 bits per heavy atom. The summed E-state index contributed by atoms with van der Waals surface area (Å²) in [6.45, 7) is -0.223. The van der Waals surface area contributed by atoms with Crippen LogP contribution in [0.4, 0.5) is 0 Å². The Balaban J connectivity index is 1.73. The molecule has 0 atom stereocenters. The van der Waals surface area contributed by atoms with E-state index in [0.29, 0.717) is 5.56 Å². The molecule has 0 heterocycles. The highest BCUT2D eigenvalue weighted by molar-refractivity contribution is 5.94. The zero-order chi connectivity index (χ0) is 18.8. The number of carbonyl (C=O) groups excluding carboxylic acids is 3. The minimum Gasteiger partial charge on any atom is -0.545 e. The fourth-order valence-electron chi connectivity index (χ4n) is 1.89. The zero-order valence-corrected chi connectivity index (χ0v) is 13.7. The lowest BCUT2D eigenvalue weighted by Crippen LogP contribution is -2.34. The minimum atomic E-state index is -1.26. The fraction of sp³-hybridized carbons (Fsp3) is 0.0526. The summed E-state index contributed by atoms with van der Waals surface area (Å²) in [6, 6.07) is 15.1. The largest absolute Gasteiger partial charge is 0.545 e. The highest BCUT2D eigenvalue weighted by atomic mass is 16.4. The second-order valence-corrected chi connectivity index (χ2v) is 5.16. The van der Waals surface area contributed by atoms with E-state index in [-0.39, 0.29) is 12.1 Å². The first-order chi connectivity index (χ1) is 12.5. The maximum atomic E-state index is 11.6. The molecule has 0 spiro atoms. The number of hydrazone groups is 1. The molecule has 2 aromatic carbocycles. The molecule has 26 heavy (non-hydrogen) atoms. The molecule has 2 amide bonds. The molecule has 132 valence electrons. The van der Waals surface area contributed by atoms with Crippen LogP contribution in [0.15, 0.2) is 65.8 Å². The van der Waals surface area contributed by atoms with Gasteiger partial charge >= 0.3 is 0 Å². The normalized spacial score (nSPS) is 10.8. The number of amides is 2. The summed E-state index contributed by atoms with van der Waals surface area (Å²) in [7, 11) is 0. The van der Waals surface area contributed by atoms with Gasteiger partial charge in [0, 0.05) is 6.08 Å². The van der Waals surface area contributed by atoms with Crippen LogP contribution in [0.1, 0.15) is 21.5 Å². The predicted molar refractivity (Wildman–Crippen MR) is 95.0 cm³/mol. The Hall–Kier alpha value is -3.74. The van der Waals surface area contributed by atoms with Crippen molar-refractivity contribution < 1.29 is 19.5 Å². The van der Waals surface area contributed by atoms with Crippen molar-refractivity contribution in [3.05, 3.63) is 77.4 Å². The van der Waals surface area contributed by atoms with Gasteiger partial charge in [-0.25, -0.2) is 5.43 Å². The molecule has 0 unspecified atom stereocenters. The van der Waals surface area contributed by atoms with Gasteiger partial charge in [0.15, 0.2) is 0 Å². The monoisotopic (exact) mass is 350 g/mol. The van der Waals surface area contributed by atoms with Crippen molar-refractivity contribution in [2.24, 2.45) is 5.10 Å². The van der Waals surface area contributed by atoms with Gasteiger partial charge in [-0.2, -0.15) is 5.10 Å². The van der Waals surface area contributed by atoms with Gasteiger partial charge in [0.25, 0.3) is 5.91 Å². The molecule has 7 nitrogen and oxygen atoms in total. The maximum Gasteiger partial charge on any atom is 0.259 e. The lowest BCUT2D eigenvalue weighted by atomic mass is 10.1. The number of carbonyl (C=O) groups is 3. The second kappa shape index (κ2) is 9.53. The molecule has 0 saturated carbocycles. The van der Waals surface area contributed by atoms with Crippen molar-refractivity contribution in [2.45, 2.75) is 0 Å². The van der Waals surface area contributed by atoms with Gasteiger partial charge in [-0.1, -0.05) is 54.6 Å². The summed E-state index contributed by atoms with van der Waals surface area (Å²) >= 11 is 0. The highest BCUT2D eigenvalue weighted by Gasteiger charge is 2.01. The van der Waals surface area contributed by atoms with Crippen molar-refractivity contribution >= 4 is 30.1 Å². The van der Waals surface area contributed by atoms with Crippen LogP contribution in [0.3, 0.4) is 0 Å². The van der Waals surface area contributed by atoms with E-state index in [1.807, 2.05) is 30.3 Å². The average Bonchev–Trinajstić information content (AvgIpc) is 2.66. The smallest absolute Gasteiger partial charge is 0.259 e. The summed E-state index contributed by atoms with van der Waals surface area (Å²) in [5.41, 5.74) is 3.79. The number of nitrogens with one attached hydrogen (secondary N) is 2. The molecule has 0 bridgehead atoms. The average molecular weight is 350 g/mol. The molecule has 2 aromatic rings. The summed E-state index contributed by atoms with van der Waals surface area (Å²) in [6.07, 6.45) is 4.33. The van der Waals surface area contributed by atoms with Gasteiger partial charge < -0.3 is 15.2 Å². The first-order valence-electron chi connectivity index (χ1n) is 7.69. The van der Waals surface area contributed by atoms with E-state index in [4.69, 9.17) is 0 Å². The fourth-order valence-corrected chi connectivity index (χ4v) is 1.89. The molecule has 0 radical (unpaired) electrons. The van der Waals surface area contributed by atoms with Gasteiger partial charge in [-0.15, -0.1) is 0 Å². The van der Waals surface area contributed by atoms with Crippen LogP contribution < -0.4 is 15.8 Å². The van der Waals surface area contributed by atoms with E-state index in [0.717, 1.165) is 5.56 Å². The maximum absolute atomic E-state index is 11.6. The third-order valence-electron chi connectivity index (χ3n) is 3.20. The first-order valence-corrected chi connectivity index (χ1v) is 7.69. The van der Waals surface area contributed by atoms with Crippen molar-refractivity contribution in [3.8, 4) is 0 Å². The second-order valence-electron chi connectivity index (χ2n) is 5.16. The Morgan fingerprint density at radius 1 is 0.962 bits per heavy atom. The highest BCUT2D eigenvalue weighted by Crippen LogP contribution is 2.01. The van der Waals surface area contributed by atoms with Crippen molar-refractivity contribution in [1.29, 1.82) is 0 Å². The van der Waals surface area contributed by atoms with Gasteiger partial charge in [-0.05, 0) is 22.8 Å². The Labute approximate surface area is 150 Å². The predicted octanol–water partition coefficient (Wildman–Crippen LogP) is 0.330. The molecular formula is C19H16N3O4-. The molecule has 2 rings (SSSR count). The van der Waals surface area contributed by atoms with Crippen LogP contribution in [0, 0.1) is 0 Å². The third-order valence-corrected chi connectivity index (χ3v) is 3.20. The summed E-state index contributed by atoms with van der Waals surface area (Å²) in [5, 5.41) is 16.8. The van der Waals surface area contributed by atoms with Crippen LogP contribution >= 0.6 is 0 Å². The number of rotatable bonds is 7. The number of nitrogens with zero attached hydrogens (tertiary/aromatic N) is 1. The third kappa shape index (κ3) is 6.40. The Bertz CT molecular complexity index is 828. The Morgan fingerprint density at radius 3 is 2.31 bits per heavy atom. The van der Waals surface area contributed by atoms with Gasteiger partial charge in [0.2, 0.25) is 5.91 Å². The lowest BCUT2D eigenvalue weighted by Gasteiger charge is -2.02. The number of carboxylic acid groups (broad SMARTS) is 1. The number of hydrogen-bond donors (Lipinski definition) is 2. The van der Waals surface area contributed by atoms with Gasteiger partial charge in [0.1, 0.15) is 0 Å². The SMILES string of the molecule is O=C(/C=C/c1ccccc1)NCC(=O)N/N=C\c1ccc(C(=O)[O-])cc1. The number of hydrogen-bond acceptors (Lipinski definition) is 5. The first kappa shape index (κ1) is 18.6. The van der Waals surface area contributed by atoms with E-state index in [1.54, 1.807) is 6.08 Å². The molecule has 0 aliphatic rings. The molecular weight excluding hydrogens is 334 g/mol. The topological polar surface area (TPSA) is 111 Å². The molecule has 0 fully saturated rings. The number of benzene rings is 2. The summed E-state index contributed by atoms with van der Waals surface area (Å²) in [5.74, 6) is -2.15.